The molecule has 1 saturated heterocycles. The van der Waals surface area contributed by atoms with Crippen LogP contribution in [0.15, 0.2) is 53.9 Å². The standard InChI is InChI=1S/C16H19N3O2S/c20-22(21,16-4-1-9-18-13-16)19-12-2-3-15(19)6-5-14-7-10-17-11-8-14/h1,4,7-11,13,15H,2-3,5-6,12H2/t15-/m1/s1. The fourth-order valence-corrected chi connectivity index (χ4v) is 4.62. The number of aromatic nitrogens is 2. The van der Waals surface area contributed by atoms with Gasteiger partial charge in [0.25, 0.3) is 0 Å². The van der Waals surface area contributed by atoms with Gasteiger partial charge in [0.1, 0.15) is 4.90 Å². The van der Waals surface area contributed by atoms with E-state index in [0.29, 0.717) is 6.54 Å². The number of aryl methyl sites for hydroxylation is 1. The molecule has 5 nitrogen and oxygen atoms in total. The van der Waals surface area contributed by atoms with Gasteiger partial charge in [-0.05, 0) is 55.5 Å². The fourth-order valence-electron chi connectivity index (χ4n) is 2.93. The molecule has 1 aliphatic heterocycles. The summed E-state index contributed by atoms with van der Waals surface area (Å²) in [5, 5.41) is 0. The molecule has 1 fully saturated rings. The third-order valence-electron chi connectivity index (χ3n) is 4.08. The van der Waals surface area contributed by atoms with Crippen LogP contribution in [-0.2, 0) is 16.4 Å². The first-order valence-electron chi connectivity index (χ1n) is 7.49. The zero-order valence-electron chi connectivity index (χ0n) is 12.3. The summed E-state index contributed by atoms with van der Waals surface area (Å²) < 4.78 is 27.1. The maximum Gasteiger partial charge on any atom is 0.244 e. The molecule has 0 aliphatic carbocycles. The Balaban J connectivity index is 1.73. The van der Waals surface area contributed by atoms with Crippen LogP contribution in [0.1, 0.15) is 24.8 Å². The van der Waals surface area contributed by atoms with Gasteiger partial charge >= 0.3 is 0 Å². The molecule has 0 bridgehead atoms. The van der Waals surface area contributed by atoms with E-state index >= 15 is 0 Å². The summed E-state index contributed by atoms with van der Waals surface area (Å²) in [6, 6.07) is 7.30. The van der Waals surface area contributed by atoms with Crippen LogP contribution >= 0.6 is 0 Å². The van der Waals surface area contributed by atoms with Crippen molar-refractivity contribution in [3.8, 4) is 0 Å². The van der Waals surface area contributed by atoms with E-state index in [2.05, 4.69) is 9.97 Å². The zero-order chi connectivity index (χ0) is 15.4. The molecule has 116 valence electrons. The van der Waals surface area contributed by atoms with E-state index in [1.165, 1.54) is 11.8 Å². The Kier molecular flexibility index (Phi) is 4.49. The summed E-state index contributed by atoms with van der Waals surface area (Å²) in [5.41, 5.74) is 1.20. The minimum absolute atomic E-state index is 0.0679. The molecule has 2 aromatic heterocycles. The summed E-state index contributed by atoms with van der Waals surface area (Å²) in [6.07, 6.45) is 10.1. The van der Waals surface area contributed by atoms with Gasteiger partial charge in [0.15, 0.2) is 0 Å². The van der Waals surface area contributed by atoms with Crippen LogP contribution in [0.4, 0.5) is 0 Å². The Morgan fingerprint density at radius 3 is 2.68 bits per heavy atom. The van der Waals surface area contributed by atoms with E-state index in [4.69, 9.17) is 0 Å². The molecule has 0 radical (unpaired) electrons. The van der Waals surface area contributed by atoms with E-state index in [1.807, 2.05) is 12.1 Å². The van der Waals surface area contributed by atoms with Gasteiger partial charge in [-0.2, -0.15) is 4.31 Å². The molecule has 3 heterocycles. The normalized spacial score (nSPS) is 19.4. The maximum absolute atomic E-state index is 12.7. The molecule has 22 heavy (non-hydrogen) atoms. The summed E-state index contributed by atoms with van der Waals surface area (Å²) in [4.78, 5) is 8.22. The molecule has 0 amide bonds. The van der Waals surface area contributed by atoms with Crippen molar-refractivity contribution in [2.45, 2.75) is 36.6 Å². The lowest BCUT2D eigenvalue weighted by Crippen LogP contribution is -2.35. The second kappa shape index (κ2) is 6.54. The molecule has 0 saturated carbocycles. The first-order chi connectivity index (χ1) is 10.7. The number of hydrogen-bond donors (Lipinski definition) is 0. The molecular weight excluding hydrogens is 298 g/mol. The second-order valence-corrected chi connectivity index (χ2v) is 7.39. The van der Waals surface area contributed by atoms with Crippen LogP contribution in [0.25, 0.3) is 0 Å². The Morgan fingerprint density at radius 1 is 1.14 bits per heavy atom. The summed E-state index contributed by atoms with van der Waals surface area (Å²) in [5.74, 6) is 0. The van der Waals surface area contributed by atoms with Crippen molar-refractivity contribution in [2.24, 2.45) is 0 Å². The number of pyridine rings is 2. The van der Waals surface area contributed by atoms with Gasteiger partial charge in [-0.3, -0.25) is 9.97 Å². The highest BCUT2D eigenvalue weighted by molar-refractivity contribution is 7.89. The lowest BCUT2D eigenvalue weighted by atomic mass is 10.1. The third kappa shape index (κ3) is 3.18. The fraction of sp³-hybridized carbons (Fsp3) is 0.375. The summed E-state index contributed by atoms with van der Waals surface area (Å²) in [6.45, 7) is 0.595. The molecular formula is C16H19N3O2S. The Hall–Kier alpha value is -1.79. The van der Waals surface area contributed by atoms with Crippen LogP contribution in [0.5, 0.6) is 0 Å². The smallest absolute Gasteiger partial charge is 0.244 e. The van der Waals surface area contributed by atoms with Crippen LogP contribution in [0.3, 0.4) is 0 Å². The first-order valence-corrected chi connectivity index (χ1v) is 8.93. The second-order valence-electron chi connectivity index (χ2n) is 5.49. The Labute approximate surface area is 131 Å². The van der Waals surface area contributed by atoms with Gasteiger partial charge < -0.3 is 0 Å². The summed E-state index contributed by atoms with van der Waals surface area (Å²) in [7, 11) is -3.43. The molecule has 1 aliphatic rings. The van der Waals surface area contributed by atoms with Crippen molar-refractivity contribution in [3.63, 3.8) is 0 Å². The zero-order valence-corrected chi connectivity index (χ0v) is 13.1. The summed E-state index contributed by atoms with van der Waals surface area (Å²) >= 11 is 0. The topological polar surface area (TPSA) is 63.2 Å². The molecule has 6 heteroatoms. The van der Waals surface area contributed by atoms with Crippen LogP contribution in [0.2, 0.25) is 0 Å². The van der Waals surface area contributed by atoms with Gasteiger partial charge in [0.05, 0.1) is 0 Å². The van der Waals surface area contributed by atoms with E-state index < -0.39 is 10.0 Å². The molecule has 1 atom stereocenters. The Bertz CT molecular complexity index is 705. The lowest BCUT2D eigenvalue weighted by molar-refractivity contribution is 0.370. The number of hydrogen-bond acceptors (Lipinski definition) is 4. The van der Waals surface area contributed by atoms with E-state index in [1.54, 1.807) is 35.0 Å². The van der Waals surface area contributed by atoms with Gasteiger partial charge in [-0.1, -0.05) is 0 Å². The van der Waals surface area contributed by atoms with Gasteiger partial charge in [-0.25, -0.2) is 8.42 Å². The van der Waals surface area contributed by atoms with E-state index in [0.717, 1.165) is 25.7 Å². The molecule has 3 rings (SSSR count). The average molecular weight is 317 g/mol. The molecule has 0 unspecified atom stereocenters. The highest BCUT2D eigenvalue weighted by atomic mass is 32.2. The van der Waals surface area contributed by atoms with Crippen LogP contribution < -0.4 is 0 Å². The minimum Gasteiger partial charge on any atom is -0.265 e. The third-order valence-corrected chi connectivity index (χ3v) is 6.02. The van der Waals surface area contributed by atoms with Crippen molar-refractivity contribution in [1.82, 2.24) is 14.3 Å². The van der Waals surface area contributed by atoms with Crippen LogP contribution in [0, 0.1) is 0 Å². The first kappa shape index (κ1) is 15.1. The Morgan fingerprint density at radius 2 is 1.95 bits per heavy atom. The van der Waals surface area contributed by atoms with Gasteiger partial charge in [-0.15, -0.1) is 0 Å². The number of sulfonamides is 1. The van der Waals surface area contributed by atoms with E-state index in [-0.39, 0.29) is 10.9 Å². The largest absolute Gasteiger partial charge is 0.265 e. The predicted octanol–water partition coefficient (Wildman–Crippen LogP) is 2.26. The quantitative estimate of drug-likeness (QED) is 0.848. The van der Waals surface area contributed by atoms with Crippen molar-refractivity contribution in [3.05, 3.63) is 54.6 Å². The van der Waals surface area contributed by atoms with Crippen LogP contribution in [-0.4, -0.2) is 35.3 Å². The minimum atomic E-state index is -3.43. The molecule has 0 N–H and O–H groups in total. The van der Waals surface area contributed by atoms with Crippen molar-refractivity contribution >= 4 is 10.0 Å². The lowest BCUT2D eigenvalue weighted by Gasteiger charge is -2.24. The molecule has 2 aromatic rings. The maximum atomic E-state index is 12.7. The van der Waals surface area contributed by atoms with Crippen molar-refractivity contribution in [1.29, 1.82) is 0 Å². The molecule has 0 spiro atoms. The SMILES string of the molecule is O=S(=O)(c1cccnc1)N1CCC[C@@H]1CCc1ccncc1. The average Bonchev–Trinajstić information content (AvgIpc) is 3.04. The molecule has 0 aromatic carbocycles. The van der Waals surface area contributed by atoms with Gasteiger partial charge in [0.2, 0.25) is 10.0 Å². The number of nitrogens with zero attached hydrogens (tertiary/aromatic N) is 3. The van der Waals surface area contributed by atoms with Crippen molar-refractivity contribution < 1.29 is 8.42 Å². The highest BCUT2D eigenvalue weighted by Gasteiger charge is 2.34. The number of rotatable bonds is 5. The van der Waals surface area contributed by atoms with Gasteiger partial charge in [0, 0.05) is 37.4 Å². The van der Waals surface area contributed by atoms with Crippen molar-refractivity contribution in [2.75, 3.05) is 6.54 Å². The predicted molar refractivity (Wildman–Crippen MR) is 83.7 cm³/mol. The van der Waals surface area contributed by atoms with E-state index in [9.17, 15) is 8.42 Å². The highest BCUT2D eigenvalue weighted by Crippen LogP contribution is 2.28. The monoisotopic (exact) mass is 317 g/mol.